The van der Waals surface area contributed by atoms with Crippen LogP contribution >= 0.6 is 0 Å². The molecule has 9 heteroatoms. The van der Waals surface area contributed by atoms with Gasteiger partial charge in [0.05, 0.1) is 6.61 Å². The number of hydrogen-bond donors (Lipinski definition) is 1. The van der Waals surface area contributed by atoms with Crippen LogP contribution in [-0.2, 0) is 0 Å². The van der Waals surface area contributed by atoms with Crippen LogP contribution in [0.5, 0.6) is 11.5 Å². The lowest BCUT2D eigenvalue weighted by Crippen LogP contribution is -2.54. The first-order valence-corrected chi connectivity index (χ1v) is 13.4. The SMILES string of the molecule is CCCOc1ccc(OC(C)(C)C(O)CN2CCN(c3cc(=O)n(C(C)C)c(=O)n3C(C)C)CC2)cc1. The Bertz CT molecular complexity index is 1130. The number of rotatable bonds is 11. The van der Waals surface area contributed by atoms with Crippen LogP contribution in [0.2, 0.25) is 0 Å². The Balaban J connectivity index is 1.63. The Labute approximate surface area is 220 Å². The summed E-state index contributed by atoms with van der Waals surface area (Å²) in [7, 11) is 0. The molecule has 0 radical (unpaired) electrons. The van der Waals surface area contributed by atoms with Crippen LogP contribution in [0.3, 0.4) is 0 Å². The average Bonchev–Trinajstić information content (AvgIpc) is 2.83. The minimum absolute atomic E-state index is 0.0711. The zero-order valence-corrected chi connectivity index (χ0v) is 23.4. The van der Waals surface area contributed by atoms with Gasteiger partial charge in [-0.1, -0.05) is 6.92 Å². The third-order valence-corrected chi connectivity index (χ3v) is 6.79. The molecule has 1 aliphatic rings. The lowest BCUT2D eigenvalue weighted by Gasteiger charge is -2.40. The van der Waals surface area contributed by atoms with E-state index in [1.165, 1.54) is 4.57 Å². The molecule has 1 aromatic heterocycles. The van der Waals surface area contributed by atoms with E-state index in [1.807, 2.05) is 65.8 Å². The molecular weight excluding hydrogens is 472 g/mol. The quantitative estimate of drug-likeness (QED) is 0.490. The van der Waals surface area contributed by atoms with Gasteiger partial charge in [-0.2, -0.15) is 0 Å². The summed E-state index contributed by atoms with van der Waals surface area (Å²) in [6.07, 6.45) is 0.241. The van der Waals surface area contributed by atoms with Crippen LogP contribution in [-0.4, -0.2) is 70.2 Å². The van der Waals surface area contributed by atoms with E-state index in [2.05, 4.69) is 16.7 Å². The fourth-order valence-corrected chi connectivity index (χ4v) is 4.58. The third-order valence-electron chi connectivity index (χ3n) is 6.79. The minimum atomic E-state index is -0.789. The molecule has 1 aromatic carbocycles. The maximum atomic E-state index is 13.1. The normalized spacial score (nSPS) is 15.9. The zero-order valence-electron chi connectivity index (χ0n) is 23.4. The Morgan fingerprint density at radius 3 is 2.03 bits per heavy atom. The van der Waals surface area contributed by atoms with E-state index in [0.717, 1.165) is 12.2 Å². The van der Waals surface area contributed by atoms with Gasteiger partial charge < -0.3 is 19.5 Å². The van der Waals surface area contributed by atoms with Crippen molar-refractivity contribution in [2.45, 2.75) is 78.7 Å². The number of anilines is 1. The number of nitrogens with zero attached hydrogens (tertiary/aromatic N) is 4. The maximum absolute atomic E-state index is 13.1. The summed E-state index contributed by atoms with van der Waals surface area (Å²) in [6, 6.07) is 8.79. The lowest BCUT2D eigenvalue weighted by atomic mass is 10.0. The molecule has 1 atom stereocenters. The fraction of sp³-hybridized carbons (Fsp3) is 0.643. The smallest absolute Gasteiger partial charge is 0.333 e. The first kappa shape index (κ1) is 28.8. The molecule has 0 aliphatic carbocycles. The van der Waals surface area contributed by atoms with E-state index >= 15 is 0 Å². The highest BCUT2D eigenvalue weighted by Crippen LogP contribution is 2.25. The number of benzene rings is 1. The second kappa shape index (κ2) is 12.2. The topological polar surface area (TPSA) is 89.2 Å². The van der Waals surface area contributed by atoms with Crippen LogP contribution < -0.4 is 25.6 Å². The van der Waals surface area contributed by atoms with Crippen molar-refractivity contribution in [3.63, 3.8) is 0 Å². The Hall–Kier alpha value is -2.78. The number of aliphatic hydroxyl groups is 1. The highest BCUT2D eigenvalue weighted by Gasteiger charge is 2.33. The van der Waals surface area contributed by atoms with Crippen LogP contribution in [0.4, 0.5) is 5.82 Å². The molecule has 2 heterocycles. The van der Waals surface area contributed by atoms with Crippen LogP contribution in [0.15, 0.2) is 39.9 Å². The molecule has 0 saturated carbocycles. The number of ether oxygens (including phenoxy) is 2. The van der Waals surface area contributed by atoms with Crippen LogP contribution in [0.1, 0.15) is 67.0 Å². The highest BCUT2D eigenvalue weighted by molar-refractivity contribution is 5.40. The Morgan fingerprint density at radius 2 is 1.49 bits per heavy atom. The summed E-state index contributed by atoms with van der Waals surface area (Å²) in [5, 5.41) is 11.0. The summed E-state index contributed by atoms with van der Waals surface area (Å²) >= 11 is 0. The molecule has 37 heavy (non-hydrogen) atoms. The van der Waals surface area contributed by atoms with Crippen molar-refractivity contribution in [1.29, 1.82) is 0 Å². The van der Waals surface area contributed by atoms with Crippen LogP contribution in [0.25, 0.3) is 0 Å². The van der Waals surface area contributed by atoms with Crippen molar-refractivity contribution in [3.8, 4) is 11.5 Å². The molecule has 3 rings (SSSR count). The second-order valence-corrected chi connectivity index (χ2v) is 10.9. The van der Waals surface area contributed by atoms with Crippen molar-refractivity contribution < 1.29 is 14.6 Å². The summed E-state index contributed by atoms with van der Waals surface area (Å²) in [5.41, 5.74) is -1.33. The van der Waals surface area contributed by atoms with E-state index in [0.29, 0.717) is 50.9 Å². The van der Waals surface area contributed by atoms with Gasteiger partial charge in [0.2, 0.25) is 0 Å². The molecule has 206 valence electrons. The first-order chi connectivity index (χ1) is 17.4. The van der Waals surface area contributed by atoms with Gasteiger partial charge in [0, 0.05) is 50.9 Å². The standard InChI is InChI=1S/C28H44N4O5/c1-8-17-36-22-9-11-23(12-10-22)37-28(6,7)24(33)19-29-13-15-30(16-14-29)25-18-26(34)32(21(4)5)27(35)31(25)20(2)3/h9-12,18,20-21,24,33H,8,13-17,19H2,1-7H3. The molecule has 9 nitrogen and oxygen atoms in total. The van der Waals surface area contributed by atoms with Gasteiger partial charge in [-0.3, -0.25) is 18.8 Å². The van der Waals surface area contributed by atoms with Crippen molar-refractivity contribution >= 4 is 5.82 Å². The van der Waals surface area contributed by atoms with Gasteiger partial charge in [-0.05, 0) is 72.2 Å². The summed E-state index contributed by atoms with van der Waals surface area (Å²) in [5.74, 6) is 2.15. The molecule has 1 saturated heterocycles. The molecule has 1 fully saturated rings. The van der Waals surface area contributed by atoms with Gasteiger partial charge in [0.15, 0.2) is 0 Å². The third kappa shape index (κ3) is 6.96. The van der Waals surface area contributed by atoms with Gasteiger partial charge in [-0.15, -0.1) is 0 Å². The Morgan fingerprint density at radius 1 is 0.919 bits per heavy atom. The van der Waals surface area contributed by atoms with E-state index in [1.54, 1.807) is 10.6 Å². The number of piperazine rings is 1. The van der Waals surface area contributed by atoms with E-state index in [4.69, 9.17) is 9.47 Å². The monoisotopic (exact) mass is 516 g/mol. The highest BCUT2D eigenvalue weighted by atomic mass is 16.5. The molecule has 2 aromatic rings. The van der Waals surface area contributed by atoms with Crippen molar-refractivity contribution in [2.75, 3.05) is 44.2 Å². The van der Waals surface area contributed by atoms with Crippen molar-refractivity contribution in [1.82, 2.24) is 14.0 Å². The maximum Gasteiger partial charge on any atom is 0.333 e. The predicted molar refractivity (Wildman–Crippen MR) is 147 cm³/mol. The summed E-state index contributed by atoms with van der Waals surface area (Å²) < 4.78 is 14.8. The molecule has 1 aliphatic heterocycles. The molecule has 0 bridgehead atoms. The van der Waals surface area contributed by atoms with Gasteiger partial charge in [-0.25, -0.2) is 4.79 Å². The molecule has 1 unspecified atom stereocenters. The van der Waals surface area contributed by atoms with Crippen LogP contribution in [0, 0.1) is 0 Å². The summed E-state index contributed by atoms with van der Waals surface area (Å²) in [6.45, 7) is 17.3. The van der Waals surface area contributed by atoms with E-state index in [9.17, 15) is 14.7 Å². The van der Waals surface area contributed by atoms with Crippen molar-refractivity contribution in [2.24, 2.45) is 0 Å². The minimum Gasteiger partial charge on any atom is -0.494 e. The number of hydrogen-bond acceptors (Lipinski definition) is 7. The zero-order chi connectivity index (χ0) is 27.3. The van der Waals surface area contributed by atoms with Gasteiger partial charge >= 0.3 is 5.69 Å². The molecule has 1 N–H and O–H groups in total. The predicted octanol–water partition coefficient (Wildman–Crippen LogP) is 3.30. The number of aromatic nitrogens is 2. The van der Waals surface area contributed by atoms with E-state index < -0.39 is 11.7 Å². The van der Waals surface area contributed by atoms with E-state index in [-0.39, 0.29) is 23.3 Å². The first-order valence-electron chi connectivity index (χ1n) is 13.4. The van der Waals surface area contributed by atoms with Crippen molar-refractivity contribution in [3.05, 3.63) is 51.2 Å². The number of β-amino-alcohol motifs (C(OH)–C–C–N with tert-alkyl or cyclic N) is 1. The average molecular weight is 517 g/mol. The lowest BCUT2D eigenvalue weighted by molar-refractivity contribution is -0.0450. The van der Waals surface area contributed by atoms with Gasteiger partial charge in [0.25, 0.3) is 5.56 Å². The number of aliphatic hydroxyl groups excluding tert-OH is 1. The largest absolute Gasteiger partial charge is 0.494 e. The summed E-state index contributed by atoms with van der Waals surface area (Å²) in [4.78, 5) is 30.1. The Kier molecular flexibility index (Phi) is 9.47. The molecular formula is C28H44N4O5. The van der Waals surface area contributed by atoms with Gasteiger partial charge in [0.1, 0.15) is 29.0 Å². The fourth-order valence-electron chi connectivity index (χ4n) is 4.58. The molecule has 0 amide bonds. The molecule has 0 spiro atoms. The second-order valence-electron chi connectivity index (χ2n) is 10.9.